The predicted octanol–water partition coefficient (Wildman–Crippen LogP) is 2.04. The molecule has 0 aromatic carbocycles. The van der Waals surface area contributed by atoms with Gasteiger partial charge in [0.15, 0.2) is 0 Å². The highest BCUT2D eigenvalue weighted by Crippen LogP contribution is 2.14. The highest BCUT2D eigenvalue weighted by atomic mass is 127. The third-order valence-corrected chi connectivity index (χ3v) is 2.17. The maximum Gasteiger partial charge on any atom is 0.221 e. The minimum absolute atomic E-state index is 0.352. The van der Waals surface area contributed by atoms with Crippen molar-refractivity contribution in [3.05, 3.63) is 33.4 Å². The number of pyridine rings is 1. The van der Waals surface area contributed by atoms with E-state index in [1.165, 1.54) is 18.3 Å². The van der Waals surface area contributed by atoms with Crippen molar-refractivity contribution in [3.8, 4) is 0 Å². The fourth-order valence-corrected chi connectivity index (χ4v) is 1.27. The van der Waals surface area contributed by atoms with Gasteiger partial charge < -0.3 is 0 Å². The summed E-state index contributed by atoms with van der Waals surface area (Å²) in [6.07, 6.45) is 4.62. The van der Waals surface area contributed by atoms with Crippen molar-refractivity contribution < 1.29 is 9.18 Å². The fourth-order valence-electron chi connectivity index (χ4n) is 0.710. The lowest BCUT2D eigenvalue weighted by molar-refractivity contribution is -0.104. The van der Waals surface area contributed by atoms with E-state index in [4.69, 9.17) is 0 Å². The number of carbonyl (C=O) groups is 1. The fraction of sp³-hybridized carbons (Fsp3) is 0. The lowest BCUT2D eigenvalue weighted by Crippen LogP contribution is -1.90. The van der Waals surface area contributed by atoms with Gasteiger partial charge in [0.2, 0.25) is 5.95 Å². The van der Waals surface area contributed by atoms with Crippen molar-refractivity contribution in [2.75, 3.05) is 0 Å². The van der Waals surface area contributed by atoms with Crippen LogP contribution >= 0.6 is 22.6 Å². The molecule has 1 aromatic rings. The summed E-state index contributed by atoms with van der Waals surface area (Å²) in [7, 11) is 0. The first-order chi connectivity index (χ1) is 5.75. The molecule has 0 N–H and O–H groups in total. The maximum atomic E-state index is 12.9. The van der Waals surface area contributed by atoms with Crippen LogP contribution in [-0.4, -0.2) is 11.3 Å². The normalized spacial score (nSPS) is 10.5. The van der Waals surface area contributed by atoms with Crippen LogP contribution < -0.4 is 0 Å². The summed E-state index contributed by atoms with van der Waals surface area (Å²) in [6.45, 7) is 0. The molecule has 0 spiro atoms. The van der Waals surface area contributed by atoms with Gasteiger partial charge in [-0.2, -0.15) is 4.39 Å². The zero-order valence-electron chi connectivity index (χ0n) is 6.00. The van der Waals surface area contributed by atoms with Crippen LogP contribution in [0.5, 0.6) is 0 Å². The van der Waals surface area contributed by atoms with Crippen molar-refractivity contribution in [1.29, 1.82) is 0 Å². The van der Waals surface area contributed by atoms with Gasteiger partial charge in [0.1, 0.15) is 6.29 Å². The van der Waals surface area contributed by atoms with E-state index in [1.54, 1.807) is 6.07 Å². The molecule has 4 heteroatoms. The molecule has 62 valence electrons. The minimum atomic E-state index is -0.556. The SMILES string of the molecule is O=CC=Cc1c(I)ccnc1F. The van der Waals surface area contributed by atoms with E-state index >= 15 is 0 Å². The Hall–Kier alpha value is -0.780. The van der Waals surface area contributed by atoms with Crippen LogP contribution in [0.3, 0.4) is 0 Å². The highest BCUT2D eigenvalue weighted by molar-refractivity contribution is 14.1. The molecule has 0 amide bonds. The largest absolute Gasteiger partial charge is 0.299 e. The number of aldehydes is 1. The molecule has 0 aliphatic rings. The van der Waals surface area contributed by atoms with Crippen LogP contribution in [0, 0.1) is 9.52 Å². The van der Waals surface area contributed by atoms with Gasteiger partial charge in [-0.05, 0) is 40.8 Å². The van der Waals surface area contributed by atoms with Gasteiger partial charge in [0, 0.05) is 15.3 Å². The number of halogens is 2. The van der Waals surface area contributed by atoms with Crippen molar-refractivity contribution >= 4 is 35.0 Å². The predicted molar refractivity (Wildman–Crippen MR) is 52.0 cm³/mol. The van der Waals surface area contributed by atoms with Gasteiger partial charge in [0.05, 0.1) is 0 Å². The van der Waals surface area contributed by atoms with E-state index in [9.17, 15) is 9.18 Å². The maximum absolute atomic E-state index is 12.9. The second-order valence-electron chi connectivity index (χ2n) is 1.99. The molecular formula is C8H5FINO. The third kappa shape index (κ3) is 2.10. The first kappa shape index (κ1) is 9.31. The number of aromatic nitrogens is 1. The van der Waals surface area contributed by atoms with Crippen molar-refractivity contribution in [2.45, 2.75) is 0 Å². The molecule has 1 heterocycles. The summed E-state index contributed by atoms with van der Waals surface area (Å²) in [5, 5.41) is 0. The quantitative estimate of drug-likeness (QED) is 0.358. The Kier molecular flexibility index (Phi) is 3.33. The Labute approximate surface area is 82.6 Å². The topological polar surface area (TPSA) is 30.0 Å². The molecule has 12 heavy (non-hydrogen) atoms. The number of hydrogen-bond acceptors (Lipinski definition) is 2. The number of carbonyl (C=O) groups excluding carboxylic acids is 1. The zero-order chi connectivity index (χ0) is 8.97. The van der Waals surface area contributed by atoms with Gasteiger partial charge >= 0.3 is 0 Å². The second-order valence-corrected chi connectivity index (χ2v) is 3.15. The van der Waals surface area contributed by atoms with Crippen LogP contribution in [-0.2, 0) is 4.79 Å². The van der Waals surface area contributed by atoms with E-state index in [-0.39, 0.29) is 0 Å². The lowest BCUT2D eigenvalue weighted by Gasteiger charge is -1.96. The zero-order valence-corrected chi connectivity index (χ0v) is 8.16. The standard InChI is InChI=1S/C8H5FINO/c9-8-6(2-1-5-12)7(10)3-4-11-8/h1-5H. The number of rotatable bonds is 2. The average molecular weight is 277 g/mol. The number of nitrogens with zero attached hydrogens (tertiary/aromatic N) is 1. The molecule has 0 aliphatic heterocycles. The molecule has 1 rings (SSSR count). The Morgan fingerprint density at radius 2 is 2.33 bits per heavy atom. The van der Waals surface area contributed by atoms with Crippen LogP contribution in [0.25, 0.3) is 6.08 Å². The number of hydrogen-bond donors (Lipinski definition) is 0. The van der Waals surface area contributed by atoms with Crippen molar-refractivity contribution in [1.82, 2.24) is 4.98 Å². The summed E-state index contributed by atoms with van der Waals surface area (Å²) >= 11 is 1.98. The highest BCUT2D eigenvalue weighted by Gasteiger charge is 2.02. The van der Waals surface area contributed by atoms with Gasteiger partial charge in [-0.1, -0.05) is 0 Å². The van der Waals surface area contributed by atoms with Gasteiger partial charge in [-0.25, -0.2) is 4.98 Å². The number of allylic oxidation sites excluding steroid dienone is 1. The minimum Gasteiger partial charge on any atom is -0.299 e. The summed E-state index contributed by atoms with van der Waals surface area (Å²) < 4.78 is 13.6. The molecule has 0 unspecified atom stereocenters. The van der Waals surface area contributed by atoms with E-state index in [0.29, 0.717) is 11.8 Å². The van der Waals surface area contributed by atoms with E-state index in [2.05, 4.69) is 4.98 Å². The molecule has 1 aromatic heterocycles. The Balaban J connectivity index is 3.12. The smallest absolute Gasteiger partial charge is 0.221 e. The van der Waals surface area contributed by atoms with Crippen molar-refractivity contribution in [3.63, 3.8) is 0 Å². The summed E-state index contributed by atoms with van der Waals surface area (Å²) in [5.74, 6) is -0.556. The molecule has 0 bridgehead atoms. The summed E-state index contributed by atoms with van der Waals surface area (Å²) in [5.41, 5.74) is 0.352. The molecular weight excluding hydrogens is 272 g/mol. The average Bonchev–Trinajstić information content (AvgIpc) is 2.04. The molecule has 0 radical (unpaired) electrons. The van der Waals surface area contributed by atoms with E-state index in [1.807, 2.05) is 22.6 Å². The van der Waals surface area contributed by atoms with E-state index in [0.717, 1.165) is 3.57 Å². The summed E-state index contributed by atoms with van der Waals surface area (Å²) in [6, 6.07) is 1.67. The van der Waals surface area contributed by atoms with Gasteiger partial charge in [-0.15, -0.1) is 0 Å². The van der Waals surface area contributed by atoms with Crippen molar-refractivity contribution in [2.24, 2.45) is 0 Å². The monoisotopic (exact) mass is 277 g/mol. The van der Waals surface area contributed by atoms with Crippen LogP contribution in [0.1, 0.15) is 5.56 Å². The van der Waals surface area contributed by atoms with Crippen LogP contribution in [0.2, 0.25) is 0 Å². The molecule has 0 saturated heterocycles. The summed E-state index contributed by atoms with van der Waals surface area (Å²) in [4.78, 5) is 13.4. The first-order valence-corrected chi connectivity index (χ1v) is 4.25. The third-order valence-electron chi connectivity index (χ3n) is 1.23. The van der Waals surface area contributed by atoms with Crippen LogP contribution in [0.4, 0.5) is 4.39 Å². The Bertz CT molecular complexity index is 305. The molecule has 0 fully saturated rings. The second kappa shape index (κ2) is 4.30. The molecule has 2 nitrogen and oxygen atoms in total. The Morgan fingerprint density at radius 3 is 2.92 bits per heavy atom. The van der Waals surface area contributed by atoms with Crippen LogP contribution in [0.15, 0.2) is 18.3 Å². The molecule has 0 aliphatic carbocycles. The van der Waals surface area contributed by atoms with Gasteiger partial charge in [-0.3, -0.25) is 4.79 Å². The lowest BCUT2D eigenvalue weighted by atomic mass is 10.2. The molecule has 0 atom stereocenters. The van der Waals surface area contributed by atoms with E-state index < -0.39 is 5.95 Å². The van der Waals surface area contributed by atoms with Gasteiger partial charge in [0.25, 0.3) is 0 Å². The molecule has 0 saturated carbocycles. The Morgan fingerprint density at radius 1 is 1.58 bits per heavy atom. The first-order valence-electron chi connectivity index (χ1n) is 3.17.